The molecule has 1 unspecified atom stereocenters. The summed E-state index contributed by atoms with van der Waals surface area (Å²) in [5, 5.41) is 3.39. The smallest absolute Gasteiger partial charge is 0.0943 e. The van der Waals surface area contributed by atoms with E-state index in [0.29, 0.717) is 0 Å². The normalized spacial score (nSPS) is 15.5. The van der Waals surface area contributed by atoms with Crippen molar-refractivity contribution in [1.29, 1.82) is 0 Å². The lowest BCUT2D eigenvalue weighted by Gasteiger charge is -2.14. The molecule has 0 spiro atoms. The largest absolute Gasteiger partial charge is 0.300 e. The molecule has 0 bridgehead atoms. The first-order valence-corrected chi connectivity index (χ1v) is 6.16. The molecule has 1 aromatic carbocycles. The maximum Gasteiger partial charge on any atom is 0.0943 e. The maximum absolute atomic E-state index is 5.58. The monoisotopic (exact) mass is 213 g/mol. The molecule has 0 fully saturated rings. The van der Waals surface area contributed by atoms with Gasteiger partial charge in [0.25, 0.3) is 0 Å². The number of rotatable bonds is 4. The third kappa shape index (κ3) is 2.28. The first kappa shape index (κ1) is 11.2. The van der Waals surface area contributed by atoms with Crippen LogP contribution in [-0.4, -0.2) is 6.54 Å². The van der Waals surface area contributed by atoms with Crippen molar-refractivity contribution < 1.29 is 0 Å². The van der Waals surface area contributed by atoms with Gasteiger partial charge in [-0.25, -0.2) is 0 Å². The van der Waals surface area contributed by atoms with E-state index in [1.807, 2.05) is 0 Å². The minimum Gasteiger partial charge on any atom is -0.300 e. The number of aryl methyl sites for hydroxylation is 2. The van der Waals surface area contributed by atoms with E-state index in [1.54, 1.807) is 0 Å². The van der Waals surface area contributed by atoms with E-state index in [4.69, 9.17) is 6.42 Å². The van der Waals surface area contributed by atoms with Gasteiger partial charge in [-0.05, 0) is 48.9 Å². The van der Waals surface area contributed by atoms with Crippen LogP contribution in [-0.2, 0) is 12.8 Å². The lowest BCUT2D eigenvalue weighted by atomic mass is 10.0. The van der Waals surface area contributed by atoms with Gasteiger partial charge in [-0.1, -0.05) is 31.0 Å². The highest BCUT2D eigenvalue weighted by Gasteiger charge is 2.13. The van der Waals surface area contributed by atoms with Gasteiger partial charge in [-0.15, -0.1) is 6.42 Å². The highest BCUT2D eigenvalue weighted by molar-refractivity contribution is 5.38. The van der Waals surface area contributed by atoms with Crippen LogP contribution in [0, 0.1) is 12.3 Å². The third-order valence-electron chi connectivity index (χ3n) is 3.22. The average molecular weight is 213 g/mol. The topological polar surface area (TPSA) is 12.0 Å². The van der Waals surface area contributed by atoms with Crippen LogP contribution >= 0.6 is 0 Å². The molecule has 0 heterocycles. The second-order valence-corrected chi connectivity index (χ2v) is 4.44. The molecule has 0 aliphatic heterocycles. The van der Waals surface area contributed by atoms with Gasteiger partial charge in [-0.2, -0.15) is 0 Å². The van der Waals surface area contributed by atoms with Crippen molar-refractivity contribution in [3.05, 3.63) is 34.9 Å². The molecule has 1 N–H and O–H groups in total. The average Bonchev–Trinajstić information content (AvgIpc) is 2.77. The molecule has 1 heteroatoms. The minimum atomic E-state index is 0.0749. The van der Waals surface area contributed by atoms with E-state index in [1.165, 1.54) is 36.0 Å². The van der Waals surface area contributed by atoms with Gasteiger partial charge >= 0.3 is 0 Å². The fourth-order valence-corrected chi connectivity index (χ4v) is 2.33. The predicted octanol–water partition coefficient (Wildman–Crippen LogP) is 2.85. The predicted molar refractivity (Wildman–Crippen MR) is 68.3 cm³/mol. The van der Waals surface area contributed by atoms with E-state index in [2.05, 4.69) is 36.4 Å². The first-order chi connectivity index (χ1) is 7.85. The van der Waals surface area contributed by atoms with E-state index >= 15 is 0 Å². The van der Waals surface area contributed by atoms with Gasteiger partial charge in [0.15, 0.2) is 0 Å². The number of benzene rings is 1. The van der Waals surface area contributed by atoms with Crippen LogP contribution in [0.25, 0.3) is 0 Å². The van der Waals surface area contributed by atoms with Gasteiger partial charge in [0.1, 0.15) is 0 Å². The number of hydrogen-bond donors (Lipinski definition) is 1. The van der Waals surface area contributed by atoms with E-state index in [-0.39, 0.29) is 6.04 Å². The van der Waals surface area contributed by atoms with Crippen molar-refractivity contribution in [2.75, 3.05) is 6.54 Å². The molecule has 0 saturated carbocycles. The van der Waals surface area contributed by atoms with Gasteiger partial charge < -0.3 is 5.32 Å². The van der Waals surface area contributed by atoms with Crippen LogP contribution in [0.4, 0.5) is 0 Å². The summed E-state index contributed by atoms with van der Waals surface area (Å²) in [7, 11) is 0. The lowest BCUT2D eigenvalue weighted by molar-refractivity contribution is 0.626. The molecule has 2 rings (SSSR count). The first-order valence-electron chi connectivity index (χ1n) is 6.16. The Balaban J connectivity index is 2.16. The molecule has 16 heavy (non-hydrogen) atoms. The van der Waals surface area contributed by atoms with Gasteiger partial charge in [0.2, 0.25) is 0 Å². The summed E-state index contributed by atoms with van der Waals surface area (Å²) in [6.07, 6.45) is 10.4. The number of terminal acetylenes is 1. The third-order valence-corrected chi connectivity index (χ3v) is 3.22. The molecule has 1 aliphatic carbocycles. The Bertz CT molecular complexity index is 400. The van der Waals surface area contributed by atoms with E-state index in [0.717, 1.165) is 13.0 Å². The number of nitrogens with one attached hydrogen (secondary N) is 1. The van der Waals surface area contributed by atoms with E-state index in [9.17, 15) is 0 Å². The van der Waals surface area contributed by atoms with Gasteiger partial charge in [-0.3, -0.25) is 0 Å². The minimum absolute atomic E-state index is 0.0749. The molecule has 1 nitrogen and oxygen atoms in total. The highest BCUT2D eigenvalue weighted by atomic mass is 14.9. The Kier molecular flexibility index (Phi) is 3.64. The van der Waals surface area contributed by atoms with Crippen molar-refractivity contribution >= 4 is 0 Å². The maximum atomic E-state index is 5.58. The Morgan fingerprint density at radius 2 is 2.19 bits per heavy atom. The summed E-state index contributed by atoms with van der Waals surface area (Å²) in [5.41, 5.74) is 4.25. The van der Waals surface area contributed by atoms with Gasteiger partial charge in [0.05, 0.1) is 6.04 Å². The zero-order chi connectivity index (χ0) is 11.4. The van der Waals surface area contributed by atoms with Crippen molar-refractivity contribution in [2.45, 2.75) is 38.6 Å². The van der Waals surface area contributed by atoms with Crippen LogP contribution in [0.15, 0.2) is 18.2 Å². The van der Waals surface area contributed by atoms with Crippen LogP contribution in [0.5, 0.6) is 0 Å². The fourth-order valence-electron chi connectivity index (χ4n) is 2.33. The van der Waals surface area contributed by atoms with Crippen LogP contribution in [0.2, 0.25) is 0 Å². The van der Waals surface area contributed by atoms with Gasteiger partial charge in [0, 0.05) is 0 Å². The summed E-state index contributed by atoms with van der Waals surface area (Å²) in [5.74, 6) is 2.83. The zero-order valence-electron chi connectivity index (χ0n) is 9.92. The van der Waals surface area contributed by atoms with Crippen LogP contribution in [0.1, 0.15) is 42.5 Å². The van der Waals surface area contributed by atoms with Crippen molar-refractivity contribution in [1.82, 2.24) is 5.32 Å². The second kappa shape index (κ2) is 5.18. The zero-order valence-corrected chi connectivity index (χ0v) is 9.92. The Labute approximate surface area is 98.3 Å². The summed E-state index contributed by atoms with van der Waals surface area (Å²) in [6.45, 7) is 3.13. The molecule has 1 aromatic rings. The quantitative estimate of drug-likeness (QED) is 0.758. The van der Waals surface area contributed by atoms with E-state index < -0.39 is 0 Å². The molecule has 1 atom stereocenters. The van der Waals surface area contributed by atoms with Crippen molar-refractivity contribution in [3.63, 3.8) is 0 Å². The van der Waals surface area contributed by atoms with Crippen molar-refractivity contribution in [2.24, 2.45) is 0 Å². The number of hydrogen-bond acceptors (Lipinski definition) is 1. The van der Waals surface area contributed by atoms with Crippen LogP contribution in [0.3, 0.4) is 0 Å². The summed E-state index contributed by atoms with van der Waals surface area (Å²) in [4.78, 5) is 0. The molecular formula is C15H19N. The summed E-state index contributed by atoms with van der Waals surface area (Å²) in [6, 6.07) is 6.79. The summed E-state index contributed by atoms with van der Waals surface area (Å²) >= 11 is 0. The standard InChI is InChI=1S/C15H19N/c1-3-10-16-15(4-2)14-9-8-12-6-5-7-13(12)11-14/h2,8-9,11,15-16H,3,5-7,10H2,1H3. The summed E-state index contributed by atoms with van der Waals surface area (Å²) < 4.78 is 0. The van der Waals surface area contributed by atoms with Crippen molar-refractivity contribution in [3.8, 4) is 12.3 Å². The molecule has 0 amide bonds. The Morgan fingerprint density at radius 3 is 2.94 bits per heavy atom. The SMILES string of the molecule is C#CC(NCCC)c1ccc2c(c1)CCC2. The molecule has 0 radical (unpaired) electrons. The molecule has 0 aromatic heterocycles. The number of fused-ring (bicyclic) bond motifs is 1. The highest BCUT2D eigenvalue weighted by Crippen LogP contribution is 2.25. The Morgan fingerprint density at radius 1 is 1.38 bits per heavy atom. The van der Waals surface area contributed by atoms with Crippen LogP contribution < -0.4 is 5.32 Å². The molecular weight excluding hydrogens is 194 g/mol. The lowest BCUT2D eigenvalue weighted by Crippen LogP contribution is -2.20. The molecule has 0 saturated heterocycles. The Hall–Kier alpha value is -1.26. The second-order valence-electron chi connectivity index (χ2n) is 4.44. The molecule has 84 valence electrons. The molecule has 1 aliphatic rings. The fraction of sp³-hybridized carbons (Fsp3) is 0.467.